The molecule has 0 atom stereocenters. The van der Waals surface area contributed by atoms with Crippen LogP contribution < -0.4 is 10.6 Å². The van der Waals surface area contributed by atoms with Crippen LogP contribution in [0.2, 0.25) is 0 Å². The molecule has 286 valence electrons. The lowest BCUT2D eigenvalue weighted by atomic mass is 10.1. The Bertz CT molecular complexity index is 1700. The van der Waals surface area contributed by atoms with Crippen LogP contribution in [-0.4, -0.2) is 63.8 Å². The van der Waals surface area contributed by atoms with E-state index in [1.54, 1.807) is 35.6 Å². The van der Waals surface area contributed by atoms with E-state index < -0.39 is 17.6 Å². The van der Waals surface area contributed by atoms with Gasteiger partial charge in [0.15, 0.2) is 0 Å². The number of hydrogen-bond donors (Lipinski definition) is 3. The van der Waals surface area contributed by atoms with Crippen molar-refractivity contribution in [2.45, 2.75) is 94.3 Å². The van der Waals surface area contributed by atoms with Crippen LogP contribution in [0, 0.1) is 12.8 Å². The summed E-state index contributed by atoms with van der Waals surface area (Å²) in [7, 11) is 3.78. The summed E-state index contributed by atoms with van der Waals surface area (Å²) in [5.41, 5.74) is 3.78. The maximum atomic E-state index is 13.1. The van der Waals surface area contributed by atoms with Gasteiger partial charge in [0.05, 0.1) is 34.4 Å². The third-order valence-electron chi connectivity index (χ3n) is 7.15. The van der Waals surface area contributed by atoms with Crippen LogP contribution in [0.1, 0.15) is 102 Å². The zero-order valence-electron chi connectivity index (χ0n) is 32.6. The molecular weight excluding hydrogens is 669 g/mol. The molecule has 1 aliphatic heterocycles. The van der Waals surface area contributed by atoms with Gasteiger partial charge >= 0.3 is 6.18 Å². The number of nitrogens with zero attached hydrogens (tertiary/aromatic N) is 5. The van der Waals surface area contributed by atoms with Crippen molar-refractivity contribution in [3.8, 4) is 0 Å². The molecule has 0 unspecified atom stereocenters. The molecule has 0 saturated heterocycles. The number of H-pyrrole nitrogens is 1. The number of hydrazone groups is 1. The average Bonchev–Trinajstić information content (AvgIpc) is 3.64. The topological polar surface area (TPSA) is 119 Å². The highest BCUT2D eigenvalue weighted by Crippen LogP contribution is 2.33. The Kier molecular flexibility index (Phi) is 19.8. The van der Waals surface area contributed by atoms with Gasteiger partial charge in [0.1, 0.15) is 17.6 Å². The van der Waals surface area contributed by atoms with Gasteiger partial charge in [-0.1, -0.05) is 85.9 Å². The van der Waals surface area contributed by atoms with Crippen molar-refractivity contribution in [1.82, 2.24) is 25.1 Å². The van der Waals surface area contributed by atoms with Gasteiger partial charge in [0, 0.05) is 32.5 Å². The number of halogens is 3. The van der Waals surface area contributed by atoms with E-state index in [1.807, 2.05) is 61.7 Å². The first-order chi connectivity index (χ1) is 24.7. The molecule has 0 radical (unpaired) electrons. The van der Waals surface area contributed by atoms with Crippen LogP contribution in [0.3, 0.4) is 0 Å². The normalized spacial score (nSPS) is 11.7. The second-order valence-corrected chi connectivity index (χ2v) is 11.9. The van der Waals surface area contributed by atoms with Gasteiger partial charge in [-0.25, -0.2) is 0 Å². The molecule has 0 saturated carbocycles. The fraction of sp³-hybridized carbons (Fsp3) is 0.462. The van der Waals surface area contributed by atoms with Crippen LogP contribution in [0.25, 0.3) is 11.0 Å². The summed E-state index contributed by atoms with van der Waals surface area (Å²) < 4.78 is 38.8. The van der Waals surface area contributed by atoms with E-state index in [4.69, 9.17) is 0 Å². The summed E-state index contributed by atoms with van der Waals surface area (Å²) in [6.07, 6.45) is 3.02. The number of unbranched alkanes of at least 4 members (excludes halogenated alkanes) is 1. The number of aromatic nitrogens is 3. The quantitative estimate of drug-likeness (QED) is 0.117. The van der Waals surface area contributed by atoms with Crippen LogP contribution in [0.15, 0.2) is 59.8 Å². The van der Waals surface area contributed by atoms with Crippen LogP contribution in [0.4, 0.5) is 30.2 Å². The Balaban J connectivity index is 0.000000670. The zero-order valence-corrected chi connectivity index (χ0v) is 32.6. The Morgan fingerprint density at radius 2 is 1.75 bits per heavy atom. The molecule has 4 aromatic rings. The fourth-order valence-corrected chi connectivity index (χ4v) is 4.89. The lowest BCUT2D eigenvalue weighted by molar-refractivity contribution is -0.137. The number of alkyl halides is 3. The number of pyridine rings is 1. The second kappa shape index (κ2) is 22.8. The van der Waals surface area contributed by atoms with Crippen molar-refractivity contribution in [3.05, 3.63) is 77.1 Å². The summed E-state index contributed by atoms with van der Waals surface area (Å²) in [4.78, 5) is 31.4. The minimum atomic E-state index is -4.52. The van der Waals surface area contributed by atoms with E-state index in [0.717, 1.165) is 34.8 Å². The molecule has 2 aromatic heterocycles. The van der Waals surface area contributed by atoms with E-state index >= 15 is 0 Å². The fourth-order valence-electron chi connectivity index (χ4n) is 4.89. The summed E-state index contributed by atoms with van der Waals surface area (Å²) >= 11 is 0. The highest BCUT2D eigenvalue weighted by molar-refractivity contribution is 6.06. The van der Waals surface area contributed by atoms with Gasteiger partial charge < -0.3 is 20.5 Å². The summed E-state index contributed by atoms with van der Waals surface area (Å²) in [6.45, 7) is 18.4. The Morgan fingerprint density at radius 1 is 1.08 bits per heavy atom. The molecule has 52 heavy (non-hydrogen) atoms. The number of hydrogen-bond acceptors (Lipinski definition) is 7. The third-order valence-corrected chi connectivity index (χ3v) is 7.15. The van der Waals surface area contributed by atoms with Crippen molar-refractivity contribution in [2.24, 2.45) is 11.0 Å². The van der Waals surface area contributed by atoms with Crippen LogP contribution in [-0.2, 0) is 17.5 Å². The van der Waals surface area contributed by atoms with Crippen LogP contribution >= 0.6 is 0 Å². The van der Waals surface area contributed by atoms with Crippen molar-refractivity contribution in [3.63, 3.8) is 0 Å². The minimum Gasteiger partial charge on any atom is -0.354 e. The summed E-state index contributed by atoms with van der Waals surface area (Å²) in [5.74, 6) is -0.0459. The maximum absolute atomic E-state index is 13.1. The van der Waals surface area contributed by atoms with Gasteiger partial charge in [-0.15, -0.1) is 0 Å². The molecule has 13 heteroatoms. The molecule has 0 fully saturated rings. The lowest BCUT2D eigenvalue weighted by Crippen LogP contribution is -2.33. The number of benzene rings is 2. The molecule has 0 bridgehead atoms. The van der Waals surface area contributed by atoms with Gasteiger partial charge in [-0.2, -0.15) is 23.4 Å². The minimum absolute atomic E-state index is 0.00726. The SMILES string of the molecule is C/C=N\N(C)C.CC.CC.CCCCC(C)C.Cc1[nH]nc2cc(Nc3cccc4c3C(=O)N(CC(=O)Nc3cccc(C(F)(F)F)c3)C4)cnc12. The number of amides is 2. The molecular formula is C39H57F3N8O2. The number of aromatic amines is 1. The highest BCUT2D eigenvalue weighted by atomic mass is 19.4. The number of nitrogens with one attached hydrogen (secondary N) is 3. The van der Waals surface area contributed by atoms with Crippen molar-refractivity contribution >= 4 is 46.1 Å². The van der Waals surface area contributed by atoms with E-state index in [1.165, 1.54) is 36.3 Å². The Hall–Kier alpha value is -4.94. The number of anilines is 3. The number of carbonyl (C=O) groups is 2. The maximum Gasteiger partial charge on any atom is 0.416 e. The molecule has 1 aliphatic rings. The van der Waals surface area contributed by atoms with Gasteiger partial charge in [0.25, 0.3) is 5.91 Å². The number of aryl methyl sites for hydroxylation is 1. The third kappa shape index (κ3) is 14.4. The molecule has 3 N–H and O–H groups in total. The molecule has 0 spiro atoms. The Labute approximate surface area is 307 Å². The first-order valence-corrected chi connectivity index (χ1v) is 17.8. The Morgan fingerprint density at radius 3 is 2.31 bits per heavy atom. The van der Waals surface area contributed by atoms with E-state index in [2.05, 4.69) is 51.7 Å². The zero-order chi connectivity index (χ0) is 39.4. The smallest absolute Gasteiger partial charge is 0.354 e. The predicted octanol–water partition coefficient (Wildman–Crippen LogP) is 10.1. The summed E-state index contributed by atoms with van der Waals surface area (Å²) in [6, 6.07) is 11.5. The van der Waals surface area contributed by atoms with Gasteiger partial charge in [-0.05, 0) is 55.7 Å². The molecule has 10 nitrogen and oxygen atoms in total. The lowest BCUT2D eigenvalue weighted by Gasteiger charge is -2.16. The van der Waals surface area contributed by atoms with Crippen molar-refractivity contribution < 1.29 is 22.8 Å². The predicted molar refractivity (Wildman–Crippen MR) is 208 cm³/mol. The number of carbonyl (C=O) groups excluding carboxylic acids is 2. The van der Waals surface area contributed by atoms with E-state index in [9.17, 15) is 22.8 Å². The molecule has 2 aromatic carbocycles. The first kappa shape index (κ1) is 45.1. The van der Waals surface area contributed by atoms with E-state index in [-0.39, 0.29) is 24.7 Å². The van der Waals surface area contributed by atoms with Crippen molar-refractivity contribution in [2.75, 3.05) is 31.3 Å². The van der Waals surface area contributed by atoms with Gasteiger partial charge in [-0.3, -0.25) is 19.7 Å². The number of rotatable bonds is 9. The molecule has 3 heterocycles. The number of fused-ring (bicyclic) bond motifs is 2. The van der Waals surface area contributed by atoms with Crippen LogP contribution in [0.5, 0.6) is 0 Å². The highest BCUT2D eigenvalue weighted by Gasteiger charge is 2.32. The van der Waals surface area contributed by atoms with Gasteiger partial charge in [0.2, 0.25) is 5.91 Å². The molecule has 5 rings (SSSR count). The largest absolute Gasteiger partial charge is 0.416 e. The molecule has 0 aliphatic carbocycles. The standard InChI is InChI=1S/C24H19F3N6O2.C7H16.C4H10N2.2C2H6/c1-13-22-19(32-31-13)9-17(10-28-22)29-18-7-2-4-14-11-33(23(35)21(14)18)12-20(34)30-16-6-3-5-15(8-16)24(25,26)27;1-4-5-6-7(2)3;1-4-5-6(2)3;2*1-2/h2-10,29H,11-12H2,1H3,(H,30,34)(H,31,32);7H,4-6H2,1-3H3;4H,1-3H3;2*1-2H3/b;;5-4-;;. The summed E-state index contributed by atoms with van der Waals surface area (Å²) in [5, 5.41) is 18.3. The average molecular weight is 727 g/mol. The second-order valence-electron chi connectivity index (χ2n) is 11.9. The monoisotopic (exact) mass is 726 g/mol. The van der Waals surface area contributed by atoms with E-state index in [0.29, 0.717) is 22.5 Å². The first-order valence-electron chi connectivity index (χ1n) is 17.8. The molecule has 2 amide bonds. The van der Waals surface area contributed by atoms with Crippen molar-refractivity contribution in [1.29, 1.82) is 0 Å².